The minimum Gasteiger partial charge on any atom is -0.387 e. The molecular formula is C21H30N6O. The van der Waals surface area contributed by atoms with Gasteiger partial charge in [-0.25, -0.2) is 9.78 Å². The molecule has 28 heavy (non-hydrogen) atoms. The summed E-state index contributed by atoms with van der Waals surface area (Å²) in [5.41, 5.74) is 6.59. The maximum Gasteiger partial charge on any atom is 0.348 e. The summed E-state index contributed by atoms with van der Waals surface area (Å²) in [5, 5.41) is 11.4. The summed E-state index contributed by atoms with van der Waals surface area (Å²) < 4.78 is 0. The van der Waals surface area contributed by atoms with Crippen LogP contribution in [0.5, 0.6) is 0 Å². The number of aliphatic imine (C=N–C) groups is 1. The standard InChI is InChI=1S/C21H30N6O/c22-13-17-8-9-19(24-14-17)25-21(28)26-20(23)18-7-4-11-27(15-18)12-10-16-5-2-1-3-6-16/h8-9,14,16,18H,1-7,10-12,15H2,(H3,23,24,25,26,28)/t18-/m0/s1. The van der Waals surface area contributed by atoms with Gasteiger partial charge in [0, 0.05) is 18.7 Å². The van der Waals surface area contributed by atoms with Crippen molar-refractivity contribution in [1.29, 1.82) is 5.26 Å². The molecule has 0 bridgehead atoms. The Balaban J connectivity index is 1.48. The Kier molecular flexibility index (Phi) is 7.38. The minimum absolute atomic E-state index is 0.125. The molecule has 7 nitrogen and oxygen atoms in total. The molecule has 3 N–H and O–H groups in total. The van der Waals surface area contributed by atoms with Crippen molar-refractivity contribution in [3.05, 3.63) is 23.9 Å². The molecular weight excluding hydrogens is 352 g/mol. The molecule has 1 aromatic rings. The maximum absolute atomic E-state index is 12.1. The second-order valence-corrected chi connectivity index (χ2v) is 7.94. The largest absolute Gasteiger partial charge is 0.387 e. The molecule has 1 saturated carbocycles. The number of likely N-dealkylation sites (tertiary alicyclic amines) is 1. The number of pyridine rings is 1. The zero-order chi connectivity index (χ0) is 19.8. The quantitative estimate of drug-likeness (QED) is 0.598. The summed E-state index contributed by atoms with van der Waals surface area (Å²) in [4.78, 5) is 22.7. The Morgan fingerprint density at radius 3 is 2.82 bits per heavy atom. The third-order valence-corrected chi connectivity index (χ3v) is 5.86. The van der Waals surface area contributed by atoms with Crippen molar-refractivity contribution >= 4 is 17.7 Å². The molecule has 0 spiro atoms. The van der Waals surface area contributed by atoms with E-state index in [1.54, 1.807) is 12.1 Å². The third kappa shape index (κ3) is 6.03. The highest BCUT2D eigenvalue weighted by atomic mass is 16.2. The van der Waals surface area contributed by atoms with Crippen molar-refractivity contribution < 1.29 is 4.79 Å². The molecule has 1 atom stereocenters. The van der Waals surface area contributed by atoms with E-state index in [9.17, 15) is 4.79 Å². The van der Waals surface area contributed by atoms with E-state index in [4.69, 9.17) is 11.0 Å². The van der Waals surface area contributed by atoms with Gasteiger partial charge >= 0.3 is 6.03 Å². The normalized spacial score (nSPS) is 21.8. The molecule has 2 heterocycles. The highest BCUT2D eigenvalue weighted by Crippen LogP contribution is 2.27. The van der Waals surface area contributed by atoms with Gasteiger partial charge in [-0.1, -0.05) is 32.1 Å². The monoisotopic (exact) mass is 382 g/mol. The van der Waals surface area contributed by atoms with Crippen LogP contribution >= 0.6 is 0 Å². The fraction of sp³-hybridized carbons (Fsp3) is 0.619. The second kappa shape index (κ2) is 10.2. The molecule has 2 aliphatic rings. The maximum atomic E-state index is 12.1. The van der Waals surface area contributed by atoms with Crippen molar-refractivity contribution in [2.45, 2.75) is 51.4 Å². The first-order valence-corrected chi connectivity index (χ1v) is 10.4. The summed E-state index contributed by atoms with van der Waals surface area (Å²) >= 11 is 0. The molecule has 2 amide bonds. The summed E-state index contributed by atoms with van der Waals surface area (Å²) in [6, 6.07) is 4.65. The molecule has 0 unspecified atom stereocenters. The van der Waals surface area contributed by atoms with E-state index in [0.717, 1.165) is 38.4 Å². The number of carbonyl (C=O) groups is 1. The predicted octanol–water partition coefficient (Wildman–Crippen LogP) is 3.52. The van der Waals surface area contributed by atoms with Gasteiger partial charge in [0.15, 0.2) is 0 Å². The van der Waals surface area contributed by atoms with Crippen molar-refractivity contribution in [2.24, 2.45) is 22.6 Å². The number of hydrogen-bond acceptors (Lipinski definition) is 4. The Bertz CT molecular complexity index is 717. The number of piperidine rings is 1. The molecule has 1 aliphatic carbocycles. The number of carbonyl (C=O) groups excluding carboxylic acids is 1. The van der Waals surface area contributed by atoms with E-state index in [1.165, 1.54) is 44.7 Å². The van der Waals surface area contributed by atoms with Crippen molar-refractivity contribution in [3.8, 4) is 6.07 Å². The van der Waals surface area contributed by atoms with Gasteiger partial charge < -0.3 is 10.6 Å². The van der Waals surface area contributed by atoms with Crippen LogP contribution in [0.3, 0.4) is 0 Å². The van der Waals surface area contributed by atoms with Gasteiger partial charge in [-0.3, -0.25) is 5.32 Å². The SMILES string of the molecule is N#Cc1ccc(NC(=O)/N=C(\N)[C@H]2CCCN(CCC3CCCCC3)C2)nc1. The van der Waals surface area contributed by atoms with Crippen LogP contribution in [0.1, 0.15) is 56.9 Å². The molecule has 0 aromatic carbocycles. The Labute approximate surface area is 167 Å². The molecule has 1 aromatic heterocycles. The van der Waals surface area contributed by atoms with Gasteiger partial charge in [-0.2, -0.15) is 10.3 Å². The van der Waals surface area contributed by atoms with Gasteiger partial charge in [0.1, 0.15) is 17.7 Å². The number of amidine groups is 1. The van der Waals surface area contributed by atoms with Crippen LogP contribution in [0.4, 0.5) is 10.6 Å². The van der Waals surface area contributed by atoms with E-state index in [2.05, 4.69) is 20.2 Å². The lowest BCUT2D eigenvalue weighted by molar-refractivity contribution is 0.182. The zero-order valence-corrected chi connectivity index (χ0v) is 16.4. The second-order valence-electron chi connectivity index (χ2n) is 7.94. The first-order valence-electron chi connectivity index (χ1n) is 10.4. The van der Waals surface area contributed by atoms with Crippen LogP contribution in [-0.2, 0) is 0 Å². The number of nitrogens with two attached hydrogens (primary N) is 1. The number of nitrogens with zero attached hydrogens (tertiary/aromatic N) is 4. The van der Waals surface area contributed by atoms with Crippen LogP contribution in [0.25, 0.3) is 0 Å². The number of anilines is 1. The highest BCUT2D eigenvalue weighted by Gasteiger charge is 2.24. The highest BCUT2D eigenvalue weighted by molar-refractivity contribution is 5.99. The van der Waals surface area contributed by atoms with Crippen LogP contribution in [-0.4, -0.2) is 41.4 Å². The summed E-state index contributed by atoms with van der Waals surface area (Å²) in [7, 11) is 0. The predicted molar refractivity (Wildman–Crippen MR) is 110 cm³/mol. The molecule has 150 valence electrons. The lowest BCUT2D eigenvalue weighted by Crippen LogP contribution is -2.42. The van der Waals surface area contributed by atoms with E-state index < -0.39 is 6.03 Å². The minimum atomic E-state index is -0.519. The Morgan fingerprint density at radius 1 is 1.29 bits per heavy atom. The number of amides is 2. The van der Waals surface area contributed by atoms with Crippen LogP contribution < -0.4 is 11.1 Å². The fourth-order valence-corrected chi connectivity index (χ4v) is 4.22. The van der Waals surface area contributed by atoms with Gasteiger partial charge in [-0.05, 0) is 50.4 Å². The lowest BCUT2D eigenvalue weighted by atomic mass is 9.86. The Morgan fingerprint density at radius 2 is 2.11 bits per heavy atom. The molecule has 2 fully saturated rings. The number of nitrogens with one attached hydrogen (secondary N) is 1. The average Bonchev–Trinajstić information content (AvgIpc) is 2.73. The van der Waals surface area contributed by atoms with Crippen molar-refractivity contribution in [3.63, 3.8) is 0 Å². The van der Waals surface area contributed by atoms with Crippen molar-refractivity contribution in [2.75, 3.05) is 25.0 Å². The first-order chi connectivity index (χ1) is 13.6. The van der Waals surface area contributed by atoms with Crippen LogP contribution in [0, 0.1) is 23.2 Å². The smallest absolute Gasteiger partial charge is 0.348 e. The summed E-state index contributed by atoms with van der Waals surface area (Å²) in [6.45, 7) is 3.11. The number of rotatable bonds is 5. The van der Waals surface area contributed by atoms with Gasteiger partial charge in [0.2, 0.25) is 0 Å². The molecule has 1 aliphatic heterocycles. The van der Waals surface area contributed by atoms with Gasteiger partial charge in [-0.15, -0.1) is 0 Å². The number of nitriles is 1. The summed E-state index contributed by atoms with van der Waals surface area (Å²) in [6.07, 6.45) is 11.7. The van der Waals surface area contributed by atoms with E-state index in [-0.39, 0.29) is 5.92 Å². The number of aromatic nitrogens is 1. The van der Waals surface area contributed by atoms with Crippen molar-refractivity contribution in [1.82, 2.24) is 9.88 Å². The Hall–Kier alpha value is -2.46. The number of urea groups is 1. The number of hydrogen-bond donors (Lipinski definition) is 2. The fourth-order valence-electron chi connectivity index (χ4n) is 4.22. The molecule has 3 rings (SSSR count). The molecule has 1 saturated heterocycles. The topological polar surface area (TPSA) is 107 Å². The van der Waals surface area contributed by atoms with E-state index in [0.29, 0.717) is 17.2 Å². The van der Waals surface area contributed by atoms with Gasteiger partial charge in [0.05, 0.1) is 5.56 Å². The molecule has 7 heteroatoms. The summed E-state index contributed by atoms with van der Waals surface area (Å²) in [5.74, 6) is 1.76. The lowest BCUT2D eigenvalue weighted by Gasteiger charge is -2.33. The van der Waals surface area contributed by atoms with Gasteiger partial charge in [0.25, 0.3) is 0 Å². The zero-order valence-electron chi connectivity index (χ0n) is 16.4. The van der Waals surface area contributed by atoms with Crippen LogP contribution in [0.2, 0.25) is 0 Å². The van der Waals surface area contributed by atoms with E-state index in [1.807, 2.05) is 6.07 Å². The molecule has 0 radical (unpaired) electrons. The van der Waals surface area contributed by atoms with E-state index >= 15 is 0 Å². The first kappa shape index (κ1) is 20.3. The van der Waals surface area contributed by atoms with Crippen LogP contribution in [0.15, 0.2) is 23.3 Å². The average molecular weight is 383 g/mol. The third-order valence-electron chi connectivity index (χ3n) is 5.86.